The van der Waals surface area contributed by atoms with E-state index in [4.69, 9.17) is 0 Å². The van der Waals surface area contributed by atoms with Crippen LogP contribution in [-0.2, 0) is 28.8 Å². The minimum Gasteiger partial charge on any atom is -0.333 e. The van der Waals surface area contributed by atoms with Gasteiger partial charge in [-0.1, -0.05) is 62.3 Å². The summed E-state index contributed by atoms with van der Waals surface area (Å²) < 4.78 is 258. The number of hydrogen-bond acceptors (Lipinski definition) is 6. The Morgan fingerprint density at radius 3 is 0.483 bits per heavy atom. The van der Waals surface area contributed by atoms with E-state index >= 15 is 0 Å². The van der Waals surface area contributed by atoms with Crippen LogP contribution in [0.5, 0.6) is 0 Å². The number of ketones is 6. The molecule has 0 aromatic carbocycles. The van der Waals surface area contributed by atoms with E-state index in [1.54, 1.807) is 0 Å². The maximum absolute atomic E-state index is 12.8. The number of carbonyl (C=O) groups is 6. The fourth-order valence-corrected chi connectivity index (χ4v) is 2.28. The molecule has 0 N–H and O–H groups in total. The first-order valence-corrected chi connectivity index (χ1v) is 14.4. The van der Waals surface area contributed by atoms with Crippen molar-refractivity contribution in [2.45, 2.75) is 116 Å². The van der Waals surface area contributed by atoms with Crippen molar-refractivity contribution in [3.63, 3.8) is 0 Å². The molecule has 0 unspecified atom stereocenters. The number of hydrogen-bond donors (Lipinski definition) is 0. The summed E-state index contributed by atoms with van der Waals surface area (Å²) in [5.41, 5.74) is -4.09. The van der Waals surface area contributed by atoms with Gasteiger partial charge in [0.2, 0.25) is 0 Å². The van der Waals surface area contributed by atoms with E-state index in [1.165, 1.54) is 62.3 Å². The summed E-state index contributed by atoms with van der Waals surface area (Å²) in [4.78, 5) is 65.9. The Hall–Kier alpha value is -2.58. The molecule has 0 fully saturated rings. The minimum atomic E-state index is -6.61. The molecule has 58 heavy (non-hydrogen) atoms. The molecule has 0 rings (SSSR count). The molecule has 0 aromatic heterocycles. The van der Waals surface area contributed by atoms with Gasteiger partial charge in [0, 0.05) is 17.3 Å². The Morgan fingerprint density at radius 1 is 0.276 bits per heavy atom. The number of rotatable bonds is 12. The second-order valence-electron chi connectivity index (χ2n) is 14.3. The molecule has 0 saturated heterocycles. The predicted octanol–water partition coefficient (Wildman–Crippen LogP) is 9.62. The molecule has 28 heteroatoms. The molecule has 0 aliphatic rings. The van der Waals surface area contributed by atoms with Crippen LogP contribution in [0.4, 0.5) is 92.2 Å². The summed E-state index contributed by atoms with van der Waals surface area (Å²) in [5.74, 6) is -50.2. The summed E-state index contributed by atoms with van der Waals surface area (Å²) in [6, 6.07) is 0. The third kappa shape index (κ3) is 14.9. The normalized spacial score (nSPS) is 14.0. The molecule has 0 aliphatic carbocycles. The maximum atomic E-state index is 12.8. The van der Waals surface area contributed by atoms with Crippen molar-refractivity contribution < 1.29 is 159 Å². The second kappa shape index (κ2) is 19.0. The zero-order valence-corrected chi connectivity index (χ0v) is 32.4. The molecule has 0 atom stereocenters. The standard InChI is InChI=1S/3C10H10F7O2.Ho/c3*1-7(2,3)5(18)4-6(19)8(11,12)9(13,14)10(15,16)17;/h3*4H,1-3H3;/q3*-1;+3. The second-order valence-corrected chi connectivity index (χ2v) is 14.3. The topological polar surface area (TPSA) is 102 Å². The van der Waals surface area contributed by atoms with Crippen LogP contribution in [0.15, 0.2) is 0 Å². The van der Waals surface area contributed by atoms with Gasteiger partial charge in [0.05, 0.1) is 17.3 Å². The van der Waals surface area contributed by atoms with Crippen molar-refractivity contribution in [1.29, 1.82) is 0 Å². The molecule has 0 aromatic rings. The molecular formula is C30H30F21HoO6. The Labute approximate surface area is 344 Å². The third-order valence-electron chi connectivity index (χ3n) is 6.18. The Balaban J connectivity index is -0.000000374. The average Bonchev–Trinajstić information content (AvgIpc) is 2.93. The molecule has 0 amide bonds. The van der Waals surface area contributed by atoms with Crippen LogP contribution in [-0.4, -0.2) is 88.8 Å². The molecule has 6 nitrogen and oxygen atoms in total. The molecular weight excluding hydrogens is 1020 g/mol. The van der Waals surface area contributed by atoms with E-state index in [0.29, 0.717) is 0 Å². The number of halogens is 21. The van der Waals surface area contributed by atoms with E-state index < -0.39 is 124 Å². The van der Waals surface area contributed by atoms with E-state index in [-0.39, 0.29) is 37.7 Å². The Morgan fingerprint density at radius 2 is 0.397 bits per heavy atom. The molecule has 0 radical (unpaired) electrons. The van der Waals surface area contributed by atoms with E-state index in [9.17, 15) is 121 Å². The van der Waals surface area contributed by atoms with Crippen LogP contribution in [0.2, 0.25) is 0 Å². The maximum Gasteiger partial charge on any atom is 3.00 e. The van der Waals surface area contributed by atoms with Crippen LogP contribution in [0.25, 0.3) is 0 Å². The van der Waals surface area contributed by atoms with Crippen molar-refractivity contribution in [2.75, 3.05) is 0 Å². The fourth-order valence-electron chi connectivity index (χ4n) is 2.28. The Bertz CT molecular complexity index is 1310. The average molecular weight is 1050 g/mol. The third-order valence-corrected chi connectivity index (χ3v) is 6.18. The van der Waals surface area contributed by atoms with Crippen molar-refractivity contribution in [1.82, 2.24) is 0 Å². The number of carbonyl (C=O) groups excluding carboxylic acids is 6. The van der Waals surface area contributed by atoms with Crippen LogP contribution >= 0.6 is 0 Å². The van der Waals surface area contributed by atoms with Gasteiger partial charge in [0.15, 0.2) is 0 Å². The van der Waals surface area contributed by atoms with Gasteiger partial charge in [-0.05, 0) is 16.2 Å². The van der Waals surface area contributed by atoms with E-state index in [2.05, 4.69) is 0 Å². The van der Waals surface area contributed by atoms with Gasteiger partial charge in [-0.2, -0.15) is 92.2 Å². The van der Waals surface area contributed by atoms with Crippen LogP contribution in [0, 0.1) is 73.2 Å². The van der Waals surface area contributed by atoms with Gasteiger partial charge in [-0.25, -0.2) is 0 Å². The summed E-state index contributed by atoms with van der Waals surface area (Å²) in [7, 11) is 0. The van der Waals surface area contributed by atoms with Gasteiger partial charge in [0.25, 0.3) is 0 Å². The van der Waals surface area contributed by atoms with Crippen LogP contribution < -0.4 is 0 Å². The summed E-state index contributed by atoms with van der Waals surface area (Å²) in [6.45, 7) is 10.6. The quantitative estimate of drug-likeness (QED) is 0.0836. The first kappa shape index (κ1) is 62.1. The zero-order chi connectivity index (χ0) is 47.6. The van der Waals surface area contributed by atoms with Crippen molar-refractivity contribution >= 4 is 34.7 Å². The van der Waals surface area contributed by atoms with Crippen LogP contribution in [0.3, 0.4) is 0 Å². The smallest absolute Gasteiger partial charge is 0.333 e. The number of Topliss-reactive ketones (excluding diaryl/α,β-unsaturated/α-hetero) is 6. The van der Waals surface area contributed by atoms with Crippen LogP contribution in [0.1, 0.15) is 62.3 Å². The molecule has 0 heterocycles. The monoisotopic (exact) mass is 1050 g/mol. The summed E-state index contributed by atoms with van der Waals surface area (Å²) in [5, 5.41) is 0. The summed E-state index contributed by atoms with van der Waals surface area (Å²) in [6.07, 6.45) is -21.1. The first-order chi connectivity index (χ1) is 24.1. The molecule has 344 valence electrons. The van der Waals surface area contributed by atoms with Gasteiger partial charge in [-0.15, -0.1) is 0 Å². The SMILES string of the molecule is CC(C)(C)C(=O)[CH-]C(=O)C(F)(F)C(F)(F)C(F)(F)F.CC(C)(C)C(=O)[CH-]C(=O)C(F)(F)C(F)(F)C(F)(F)F.CC(C)(C)C(=O)[CH-]C(=O)C(F)(F)C(F)(F)C(F)(F)F.[Ho+3]. The van der Waals surface area contributed by atoms with Gasteiger partial charge >= 0.3 is 91.8 Å². The summed E-state index contributed by atoms with van der Waals surface area (Å²) >= 11 is 0. The van der Waals surface area contributed by atoms with Gasteiger partial charge in [-0.3, -0.25) is 19.3 Å². The van der Waals surface area contributed by atoms with Crippen molar-refractivity contribution in [3.8, 4) is 0 Å². The zero-order valence-electron chi connectivity index (χ0n) is 30.4. The van der Waals surface area contributed by atoms with Crippen molar-refractivity contribution in [2.24, 2.45) is 16.2 Å². The fraction of sp³-hybridized carbons (Fsp3) is 0.700. The van der Waals surface area contributed by atoms with Gasteiger partial charge in [0.1, 0.15) is 0 Å². The molecule has 0 spiro atoms. The molecule has 0 bridgehead atoms. The molecule has 0 saturated carbocycles. The van der Waals surface area contributed by atoms with E-state index in [1.807, 2.05) is 0 Å². The first-order valence-electron chi connectivity index (χ1n) is 14.4. The van der Waals surface area contributed by atoms with E-state index in [0.717, 1.165) is 0 Å². The van der Waals surface area contributed by atoms with Crippen molar-refractivity contribution in [3.05, 3.63) is 19.3 Å². The predicted molar refractivity (Wildman–Crippen MR) is 149 cm³/mol. The largest absolute Gasteiger partial charge is 3.00 e. The minimum absolute atomic E-state index is 0. The number of alkyl halides is 21. The molecule has 0 aliphatic heterocycles. The van der Waals surface area contributed by atoms with Gasteiger partial charge < -0.3 is 28.8 Å². The Kier molecular flexibility index (Phi) is 20.3.